The van der Waals surface area contributed by atoms with E-state index in [0.29, 0.717) is 11.3 Å². The van der Waals surface area contributed by atoms with E-state index in [9.17, 15) is 9.59 Å². The van der Waals surface area contributed by atoms with Crippen LogP contribution in [0.1, 0.15) is 43.4 Å². The number of carbonyl (C=O) groups is 2. The predicted molar refractivity (Wildman–Crippen MR) is 104 cm³/mol. The van der Waals surface area contributed by atoms with Crippen LogP contribution in [-0.4, -0.2) is 65.8 Å². The van der Waals surface area contributed by atoms with Crippen LogP contribution in [0.5, 0.6) is 0 Å². The first-order chi connectivity index (χ1) is 12.7. The molecule has 2 aliphatic heterocycles. The molecule has 0 bridgehead atoms. The fraction of sp³-hybridized carbons (Fsp3) is 0.600. The molecule has 3 aliphatic rings. The van der Waals surface area contributed by atoms with Gasteiger partial charge in [0.2, 0.25) is 0 Å². The summed E-state index contributed by atoms with van der Waals surface area (Å²) in [6, 6.07) is 4.00. The van der Waals surface area contributed by atoms with E-state index in [1.54, 1.807) is 16.2 Å². The molecule has 0 atom stereocenters. The summed E-state index contributed by atoms with van der Waals surface area (Å²) in [6.45, 7) is 3.45. The second kappa shape index (κ2) is 7.53. The van der Waals surface area contributed by atoms with E-state index in [0.717, 1.165) is 56.7 Å². The Balaban J connectivity index is 1.69. The van der Waals surface area contributed by atoms with Gasteiger partial charge in [0.25, 0.3) is 11.8 Å². The lowest BCUT2D eigenvalue weighted by molar-refractivity contribution is -0.140. The van der Waals surface area contributed by atoms with Crippen LogP contribution in [0.15, 0.2) is 23.2 Å². The number of hydrogen-bond donors (Lipinski definition) is 0. The van der Waals surface area contributed by atoms with Crippen molar-refractivity contribution in [1.82, 2.24) is 14.7 Å². The van der Waals surface area contributed by atoms with Crippen molar-refractivity contribution in [3.63, 3.8) is 0 Å². The van der Waals surface area contributed by atoms with Crippen LogP contribution < -0.4 is 0 Å². The van der Waals surface area contributed by atoms with Crippen LogP contribution in [0.2, 0.25) is 0 Å². The first-order valence-corrected chi connectivity index (χ1v) is 10.6. The second-order valence-electron chi connectivity index (χ2n) is 7.62. The van der Waals surface area contributed by atoms with Crippen molar-refractivity contribution in [2.75, 3.05) is 33.2 Å². The molecule has 26 heavy (non-hydrogen) atoms. The molecule has 0 unspecified atom stereocenters. The second-order valence-corrected chi connectivity index (χ2v) is 8.56. The number of imide groups is 1. The zero-order chi connectivity index (χ0) is 18.1. The number of rotatable bonds is 3. The Morgan fingerprint density at radius 3 is 2.27 bits per heavy atom. The van der Waals surface area contributed by atoms with Crippen molar-refractivity contribution in [2.24, 2.45) is 0 Å². The molecule has 1 saturated carbocycles. The highest BCUT2D eigenvalue weighted by atomic mass is 32.1. The van der Waals surface area contributed by atoms with Gasteiger partial charge in [0.15, 0.2) is 0 Å². The zero-order valence-corrected chi connectivity index (χ0v) is 16.3. The van der Waals surface area contributed by atoms with Gasteiger partial charge in [-0.25, -0.2) is 0 Å². The highest BCUT2D eigenvalue weighted by Gasteiger charge is 2.45. The Morgan fingerprint density at radius 1 is 0.962 bits per heavy atom. The van der Waals surface area contributed by atoms with Gasteiger partial charge in [0, 0.05) is 37.1 Å². The van der Waals surface area contributed by atoms with Crippen LogP contribution in [-0.2, 0) is 9.59 Å². The minimum absolute atomic E-state index is 0.0603. The molecule has 0 radical (unpaired) electrons. The van der Waals surface area contributed by atoms with Gasteiger partial charge in [0.1, 0.15) is 5.70 Å². The van der Waals surface area contributed by atoms with E-state index in [2.05, 4.69) is 16.8 Å². The van der Waals surface area contributed by atoms with Crippen molar-refractivity contribution < 1.29 is 9.59 Å². The summed E-state index contributed by atoms with van der Waals surface area (Å²) in [4.78, 5) is 33.7. The van der Waals surface area contributed by atoms with Gasteiger partial charge in [-0.15, -0.1) is 11.3 Å². The topological polar surface area (TPSA) is 43.9 Å². The molecule has 1 aromatic rings. The maximum Gasteiger partial charge on any atom is 0.278 e. The molecule has 6 heteroatoms. The van der Waals surface area contributed by atoms with Crippen molar-refractivity contribution in [3.8, 4) is 0 Å². The summed E-state index contributed by atoms with van der Waals surface area (Å²) in [5.41, 5.74) is 1.29. The van der Waals surface area contributed by atoms with E-state index in [1.807, 2.05) is 17.5 Å². The van der Waals surface area contributed by atoms with E-state index >= 15 is 0 Å². The maximum atomic E-state index is 13.4. The van der Waals surface area contributed by atoms with Gasteiger partial charge in [0.05, 0.1) is 5.57 Å². The van der Waals surface area contributed by atoms with Crippen LogP contribution in [0.3, 0.4) is 0 Å². The molecule has 1 aromatic heterocycles. The number of nitrogens with zero attached hydrogens (tertiary/aromatic N) is 3. The van der Waals surface area contributed by atoms with Crippen LogP contribution in [0.25, 0.3) is 5.57 Å². The van der Waals surface area contributed by atoms with E-state index in [1.165, 1.54) is 12.8 Å². The Bertz CT molecular complexity index is 697. The third-order valence-corrected chi connectivity index (χ3v) is 6.76. The molecule has 1 saturated heterocycles. The zero-order valence-electron chi connectivity index (χ0n) is 15.4. The molecule has 5 nitrogen and oxygen atoms in total. The summed E-state index contributed by atoms with van der Waals surface area (Å²) in [7, 11) is 2.10. The van der Waals surface area contributed by atoms with E-state index in [-0.39, 0.29) is 17.9 Å². The number of likely N-dealkylation sites (N-methyl/N-ethyl adjacent to an activating group) is 1. The third kappa shape index (κ3) is 3.21. The fourth-order valence-corrected chi connectivity index (χ4v) is 5.11. The Labute approximate surface area is 159 Å². The number of piperazine rings is 1. The minimum Gasteiger partial charge on any atom is -0.364 e. The van der Waals surface area contributed by atoms with E-state index in [4.69, 9.17) is 0 Å². The molecule has 3 heterocycles. The normalized spacial score (nSPS) is 23.9. The van der Waals surface area contributed by atoms with Crippen molar-refractivity contribution in [3.05, 3.63) is 28.1 Å². The molecule has 0 spiro atoms. The predicted octanol–water partition coefficient (Wildman–Crippen LogP) is 2.80. The first-order valence-electron chi connectivity index (χ1n) is 9.76. The van der Waals surface area contributed by atoms with Crippen LogP contribution in [0, 0.1) is 0 Å². The quantitative estimate of drug-likeness (QED) is 0.604. The van der Waals surface area contributed by atoms with Gasteiger partial charge in [-0.3, -0.25) is 14.5 Å². The highest BCUT2D eigenvalue weighted by molar-refractivity contribution is 7.11. The van der Waals surface area contributed by atoms with Crippen molar-refractivity contribution in [1.29, 1.82) is 0 Å². The molecule has 2 amide bonds. The Morgan fingerprint density at radius 2 is 1.65 bits per heavy atom. The lowest BCUT2D eigenvalue weighted by atomic mass is 10.1. The monoisotopic (exact) mass is 373 g/mol. The molecule has 4 rings (SSSR count). The highest BCUT2D eigenvalue weighted by Crippen LogP contribution is 2.37. The summed E-state index contributed by atoms with van der Waals surface area (Å²) >= 11 is 1.55. The summed E-state index contributed by atoms with van der Waals surface area (Å²) in [5.74, 6) is -0.131. The lowest BCUT2D eigenvalue weighted by Crippen LogP contribution is -2.47. The minimum atomic E-state index is -0.0710. The first kappa shape index (κ1) is 17.7. The largest absolute Gasteiger partial charge is 0.364 e. The van der Waals surface area contributed by atoms with Gasteiger partial charge in [-0.05, 0) is 31.3 Å². The van der Waals surface area contributed by atoms with Gasteiger partial charge >= 0.3 is 0 Å². The molecule has 140 valence electrons. The average molecular weight is 374 g/mol. The average Bonchev–Trinajstić information content (AvgIpc) is 3.14. The van der Waals surface area contributed by atoms with E-state index < -0.39 is 0 Å². The van der Waals surface area contributed by atoms with Crippen LogP contribution >= 0.6 is 11.3 Å². The molecule has 0 aromatic carbocycles. The SMILES string of the molecule is CN1CCN(C2=C(c3cccs3)C(=O)N(C3CCCCCC3)C2=O)CC1. The summed E-state index contributed by atoms with van der Waals surface area (Å²) in [6.07, 6.45) is 6.54. The fourth-order valence-electron chi connectivity index (χ4n) is 4.35. The van der Waals surface area contributed by atoms with Gasteiger partial charge < -0.3 is 9.80 Å². The molecular weight excluding hydrogens is 346 g/mol. The maximum absolute atomic E-state index is 13.4. The summed E-state index contributed by atoms with van der Waals surface area (Å²) in [5, 5.41) is 1.98. The molecule has 0 N–H and O–H groups in total. The smallest absolute Gasteiger partial charge is 0.278 e. The number of hydrogen-bond acceptors (Lipinski definition) is 5. The number of carbonyl (C=O) groups excluding carboxylic acids is 2. The number of amides is 2. The Kier molecular flexibility index (Phi) is 5.14. The standard InChI is InChI=1S/C20H27N3O2S/c1-21-10-12-22(13-11-21)18-17(16-9-6-14-26-16)19(24)23(20(18)25)15-7-4-2-3-5-8-15/h6,9,14-15H,2-5,7-8,10-13H2,1H3. The van der Waals surface area contributed by atoms with Crippen molar-refractivity contribution >= 4 is 28.7 Å². The number of thiophene rings is 1. The lowest BCUT2D eigenvalue weighted by Gasteiger charge is -2.35. The molecule has 2 fully saturated rings. The molecule has 1 aliphatic carbocycles. The third-order valence-electron chi connectivity index (χ3n) is 5.87. The summed E-state index contributed by atoms with van der Waals surface area (Å²) < 4.78 is 0. The van der Waals surface area contributed by atoms with Crippen molar-refractivity contribution in [2.45, 2.75) is 44.6 Å². The molecular formula is C20H27N3O2S. The van der Waals surface area contributed by atoms with Gasteiger partial charge in [-0.1, -0.05) is 31.7 Å². The Hall–Kier alpha value is -1.66. The van der Waals surface area contributed by atoms with Gasteiger partial charge in [-0.2, -0.15) is 0 Å². The van der Waals surface area contributed by atoms with Crippen LogP contribution in [0.4, 0.5) is 0 Å².